The van der Waals surface area contributed by atoms with Crippen LogP contribution in [-0.4, -0.2) is 4.98 Å². The third kappa shape index (κ3) is 1.98. The molecule has 0 saturated carbocycles. The summed E-state index contributed by atoms with van der Waals surface area (Å²) in [5, 5.41) is 4.91. The molecule has 100 valence electrons. The molecule has 2 heterocycles. The molecule has 2 N–H and O–H groups in total. The molecule has 1 aliphatic heterocycles. The summed E-state index contributed by atoms with van der Waals surface area (Å²) in [5.74, 6) is 0. The van der Waals surface area contributed by atoms with E-state index >= 15 is 0 Å². The lowest BCUT2D eigenvalue weighted by Gasteiger charge is -2.10. The van der Waals surface area contributed by atoms with E-state index in [0.717, 1.165) is 15.4 Å². The third-order valence-electron chi connectivity index (χ3n) is 3.88. The fourth-order valence-corrected chi connectivity index (χ4v) is 3.64. The third-order valence-corrected chi connectivity index (χ3v) is 4.86. The van der Waals surface area contributed by atoms with Gasteiger partial charge < -0.3 is 10.3 Å². The van der Waals surface area contributed by atoms with Crippen molar-refractivity contribution in [3.8, 4) is 0 Å². The van der Waals surface area contributed by atoms with Crippen LogP contribution in [0, 0.1) is 0 Å². The predicted octanol–water partition coefficient (Wildman–Crippen LogP) is 5.40. The van der Waals surface area contributed by atoms with E-state index in [4.69, 9.17) is 0 Å². The molecule has 0 aliphatic carbocycles. The van der Waals surface area contributed by atoms with Gasteiger partial charge in [-0.15, -0.1) is 0 Å². The molecule has 1 atom stereocenters. The maximum Gasteiger partial charge on any atom is 0.0576 e. The van der Waals surface area contributed by atoms with Crippen LogP contribution in [0.2, 0.25) is 0 Å². The first-order valence-electron chi connectivity index (χ1n) is 6.52. The Kier molecular flexibility index (Phi) is 2.89. The van der Waals surface area contributed by atoms with Gasteiger partial charge >= 0.3 is 0 Å². The average Bonchev–Trinajstić information content (AvgIpc) is 3.00. The van der Waals surface area contributed by atoms with Gasteiger partial charge in [0, 0.05) is 31.7 Å². The molecule has 20 heavy (non-hydrogen) atoms. The summed E-state index contributed by atoms with van der Waals surface area (Å²) in [6, 6.07) is 13.2. The predicted molar refractivity (Wildman–Crippen MR) is 90.2 cm³/mol. The number of rotatable bonds is 1. The molecule has 4 heteroatoms. The molecule has 3 aromatic rings. The summed E-state index contributed by atoms with van der Waals surface area (Å²) >= 11 is 7.05. The van der Waals surface area contributed by atoms with E-state index in [0.29, 0.717) is 6.04 Å². The van der Waals surface area contributed by atoms with E-state index < -0.39 is 0 Å². The van der Waals surface area contributed by atoms with Crippen molar-refractivity contribution >= 4 is 48.5 Å². The van der Waals surface area contributed by atoms with Crippen LogP contribution in [-0.2, 0) is 6.42 Å². The van der Waals surface area contributed by atoms with Crippen molar-refractivity contribution in [2.45, 2.75) is 12.5 Å². The molecule has 2 nitrogen and oxygen atoms in total. The number of benzene rings is 2. The first-order valence-corrected chi connectivity index (χ1v) is 8.11. The molecule has 0 fully saturated rings. The van der Waals surface area contributed by atoms with E-state index in [-0.39, 0.29) is 0 Å². The first kappa shape index (κ1) is 12.5. The summed E-state index contributed by atoms with van der Waals surface area (Å²) in [6.45, 7) is 0. The molecule has 0 saturated heterocycles. The highest BCUT2D eigenvalue weighted by Crippen LogP contribution is 2.38. The lowest BCUT2D eigenvalue weighted by molar-refractivity contribution is 0.832. The lowest BCUT2D eigenvalue weighted by atomic mass is 10.0. The SMILES string of the molecule is Brc1ccc2c(c1)NC(c1c[nH]c3cc(Br)ccc13)C2. The minimum Gasteiger partial charge on any atom is -0.378 e. The lowest BCUT2D eigenvalue weighted by Crippen LogP contribution is -2.04. The van der Waals surface area contributed by atoms with Gasteiger partial charge in [-0.05, 0) is 41.8 Å². The van der Waals surface area contributed by atoms with Crippen molar-refractivity contribution in [1.82, 2.24) is 4.98 Å². The molecule has 0 radical (unpaired) electrons. The molecule has 4 rings (SSSR count). The number of anilines is 1. The zero-order chi connectivity index (χ0) is 13.7. The van der Waals surface area contributed by atoms with Gasteiger partial charge in [-0.1, -0.05) is 44.0 Å². The normalized spacial score (nSPS) is 17.2. The number of hydrogen-bond donors (Lipinski definition) is 2. The summed E-state index contributed by atoms with van der Waals surface area (Å²) in [5.41, 5.74) is 5.12. The molecular formula is C16H12Br2N2. The molecule has 0 spiro atoms. The van der Waals surface area contributed by atoms with Gasteiger partial charge in [-0.3, -0.25) is 0 Å². The Hall–Kier alpha value is -1.26. The van der Waals surface area contributed by atoms with Crippen LogP contribution in [0.15, 0.2) is 51.5 Å². The first-order chi connectivity index (χ1) is 9.70. The second-order valence-electron chi connectivity index (χ2n) is 5.14. The number of H-pyrrole nitrogens is 1. The zero-order valence-corrected chi connectivity index (χ0v) is 13.8. The van der Waals surface area contributed by atoms with Crippen LogP contribution in [0.3, 0.4) is 0 Å². The van der Waals surface area contributed by atoms with Crippen molar-refractivity contribution in [2.75, 3.05) is 5.32 Å². The molecule has 1 aromatic heterocycles. The number of aromatic amines is 1. The van der Waals surface area contributed by atoms with Crippen LogP contribution >= 0.6 is 31.9 Å². The van der Waals surface area contributed by atoms with Crippen LogP contribution in [0.4, 0.5) is 5.69 Å². The Morgan fingerprint density at radius 3 is 2.70 bits per heavy atom. The average molecular weight is 392 g/mol. The highest BCUT2D eigenvalue weighted by molar-refractivity contribution is 9.10. The Morgan fingerprint density at radius 1 is 1.00 bits per heavy atom. The highest BCUT2D eigenvalue weighted by atomic mass is 79.9. The van der Waals surface area contributed by atoms with E-state index in [1.807, 2.05) is 0 Å². The Morgan fingerprint density at radius 2 is 1.80 bits per heavy atom. The second kappa shape index (κ2) is 4.64. The number of fused-ring (bicyclic) bond motifs is 2. The largest absolute Gasteiger partial charge is 0.378 e. The fourth-order valence-electron chi connectivity index (χ4n) is 2.92. The smallest absolute Gasteiger partial charge is 0.0576 e. The van der Waals surface area contributed by atoms with Gasteiger partial charge in [-0.2, -0.15) is 0 Å². The van der Waals surface area contributed by atoms with Crippen molar-refractivity contribution in [2.24, 2.45) is 0 Å². The van der Waals surface area contributed by atoms with Crippen LogP contribution in [0.1, 0.15) is 17.2 Å². The number of halogens is 2. The maximum absolute atomic E-state index is 3.62. The molecule has 0 amide bonds. The number of hydrogen-bond acceptors (Lipinski definition) is 1. The van der Waals surface area contributed by atoms with Gasteiger partial charge in [0.15, 0.2) is 0 Å². The van der Waals surface area contributed by atoms with Gasteiger partial charge in [0.1, 0.15) is 0 Å². The summed E-state index contributed by atoms with van der Waals surface area (Å²) < 4.78 is 2.22. The minimum absolute atomic E-state index is 0.342. The van der Waals surface area contributed by atoms with Crippen molar-refractivity contribution in [3.63, 3.8) is 0 Å². The van der Waals surface area contributed by atoms with Crippen LogP contribution in [0.25, 0.3) is 10.9 Å². The quantitative estimate of drug-likeness (QED) is 0.570. The maximum atomic E-state index is 3.62. The minimum atomic E-state index is 0.342. The van der Waals surface area contributed by atoms with Gasteiger partial charge in [-0.25, -0.2) is 0 Å². The Labute approximate surface area is 133 Å². The van der Waals surface area contributed by atoms with E-state index in [9.17, 15) is 0 Å². The topological polar surface area (TPSA) is 27.8 Å². The number of nitrogens with one attached hydrogen (secondary N) is 2. The monoisotopic (exact) mass is 390 g/mol. The standard InChI is InChI=1S/C16H12Br2N2/c17-10-2-1-9-5-16(20-14(9)6-10)13-8-19-15-7-11(18)3-4-12(13)15/h1-4,6-8,16,19-20H,5H2. The van der Waals surface area contributed by atoms with Gasteiger partial charge in [0.05, 0.1) is 6.04 Å². The van der Waals surface area contributed by atoms with Crippen LogP contribution in [0.5, 0.6) is 0 Å². The summed E-state index contributed by atoms with van der Waals surface area (Å²) in [6.07, 6.45) is 3.15. The molecule has 1 unspecified atom stereocenters. The van der Waals surface area contributed by atoms with E-state index in [2.05, 4.69) is 84.8 Å². The fraction of sp³-hybridized carbons (Fsp3) is 0.125. The summed E-state index contributed by atoms with van der Waals surface area (Å²) in [4.78, 5) is 3.36. The Bertz CT molecular complexity index is 807. The molecule has 1 aliphatic rings. The number of aromatic nitrogens is 1. The molecule has 0 bridgehead atoms. The van der Waals surface area contributed by atoms with Gasteiger partial charge in [0.2, 0.25) is 0 Å². The molecule has 2 aromatic carbocycles. The van der Waals surface area contributed by atoms with Crippen LogP contribution < -0.4 is 5.32 Å². The van der Waals surface area contributed by atoms with Crippen molar-refractivity contribution < 1.29 is 0 Å². The van der Waals surface area contributed by atoms with Gasteiger partial charge in [0.25, 0.3) is 0 Å². The van der Waals surface area contributed by atoms with Crippen molar-refractivity contribution in [3.05, 3.63) is 62.7 Å². The van der Waals surface area contributed by atoms with E-state index in [1.165, 1.54) is 27.7 Å². The second-order valence-corrected chi connectivity index (χ2v) is 6.97. The van der Waals surface area contributed by atoms with Crippen molar-refractivity contribution in [1.29, 1.82) is 0 Å². The zero-order valence-electron chi connectivity index (χ0n) is 10.6. The van der Waals surface area contributed by atoms with E-state index in [1.54, 1.807) is 0 Å². The Balaban J connectivity index is 1.75. The highest BCUT2D eigenvalue weighted by Gasteiger charge is 2.24. The summed E-state index contributed by atoms with van der Waals surface area (Å²) in [7, 11) is 0. The molecular weight excluding hydrogens is 380 g/mol.